The van der Waals surface area contributed by atoms with E-state index in [0.717, 1.165) is 6.54 Å². The number of esters is 1. The van der Waals surface area contributed by atoms with Crippen molar-refractivity contribution in [3.05, 3.63) is 0 Å². The van der Waals surface area contributed by atoms with E-state index in [1.54, 1.807) is 14.0 Å². The zero-order chi connectivity index (χ0) is 13.6. The number of likely N-dealkylation sites (N-methyl/N-ethyl adjacent to an activating group) is 1. The van der Waals surface area contributed by atoms with Crippen LogP contribution < -0.4 is 0 Å². The smallest absolute Gasteiger partial charge is 0.396 e. The lowest BCUT2D eigenvalue weighted by atomic mass is 9.92. The van der Waals surface area contributed by atoms with Crippen molar-refractivity contribution in [1.82, 2.24) is 9.80 Å². The molecule has 0 rings (SSSR count). The Labute approximate surface area is 104 Å². The van der Waals surface area contributed by atoms with Gasteiger partial charge >= 0.3 is 11.9 Å². The van der Waals surface area contributed by atoms with Crippen LogP contribution in [0, 0.1) is 5.41 Å². The molecular formula is C12H24N2O3. The van der Waals surface area contributed by atoms with Crippen molar-refractivity contribution in [1.29, 1.82) is 0 Å². The number of carbonyl (C=O) groups is 2. The average Bonchev–Trinajstić information content (AvgIpc) is 2.13. The molecule has 0 aliphatic carbocycles. The van der Waals surface area contributed by atoms with Crippen molar-refractivity contribution in [3.8, 4) is 0 Å². The summed E-state index contributed by atoms with van der Waals surface area (Å²) in [6.45, 7) is 7.38. The van der Waals surface area contributed by atoms with Gasteiger partial charge in [-0.05, 0) is 26.4 Å². The Balaban J connectivity index is 4.37. The number of ether oxygens (including phenoxy) is 1. The summed E-state index contributed by atoms with van der Waals surface area (Å²) >= 11 is 0. The van der Waals surface area contributed by atoms with Crippen LogP contribution in [0.5, 0.6) is 0 Å². The van der Waals surface area contributed by atoms with E-state index >= 15 is 0 Å². The van der Waals surface area contributed by atoms with E-state index in [0.29, 0.717) is 6.54 Å². The van der Waals surface area contributed by atoms with Gasteiger partial charge < -0.3 is 14.5 Å². The molecule has 0 unspecified atom stereocenters. The highest BCUT2D eigenvalue weighted by Crippen LogP contribution is 2.17. The lowest BCUT2D eigenvalue weighted by Crippen LogP contribution is -2.43. The monoisotopic (exact) mass is 244 g/mol. The zero-order valence-electron chi connectivity index (χ0n) is 11.7. The van der Waals surface area contributed by atoms with Crippen LogP contribution in [0.4, 0.5) is 0 Å². The molecule has 5 heteroatoms. The molecule has 1 amide bonds. The molecule has 0 aliphatic rings. The molecule has 0 aromatic carbocycles. The van der Waals surface area contributed by atoms with Crippen LogP contribution >= 0.6 is 0 Å². The van der Waals surface area contributed by atoms with E-state index in [-0.39, 0.29) is 12.0 Å². The van der Waals surface area contributed by atoms with E-state index in [2.05, 4.69) is 23.5 Å². The summed E-state index contributed by atoms with van der Waals surface area (Å²) in [5, 5.41) is 0. The second kappa shape index (κ2) is 6.59. The second-order valence-electron chi connectivity index (χ2n) is 5.28. The van der Waals surface area contributed by atoms with Gasteiger partial charge in [0.25, 0.3) is 0 Å². The van der Waals surface area contributed by atoms with Crippen LogP contribution in [-0.2, 0) is 14.3 Å². The predicted molar refractivity (Wildman–Crippen MR) is 66.6 cm³/mol. The van der Waals surface area contributed by atoms with E-state index in [4.69, 9.17) is 0 Å². The lowest BCUT2D eigenvalue weighted by molar-refractivity contribution is -0.159. The maximum atomic E-state index is 11.6. The third-order valence-corrected chi connectivity index (χ3v) is 2.21. The van der Waals surface area contributed by atoms with E-state index in [9.17, 15) is 9.59 Å². The normalized spacial score (nSPS) is 11.5. The Hall–Kier alpha value is -1.10. The molecule has 0 radical (unpaired) electrons. The molecule has 0 saturated carbocycles. The first kappa shape index (κ1) is 15.9. The van der Waals surface area contributed by atoms with E-state index in [1.807, 2.05) is 14.1 Å². The number of carbonyl (C=O) groups excluding carboxylic acids is 2. The van der Waals surface area contributed by atoms with Gasteiger partial charge in [-0.3, -0.25) is 4.79 Å². The molecule has 0 aliphatic heterocycles. The van der Waals surface area contributed by atoms with Gasteiger partial charge in [-0.15, -0.1) is 0 Å². The van der Waals surface area contributed by atoms with Crippen molar-refractivity contribution in [2.24, 2.45) is 5.41 Å². The topological polar surface area (TPSA) is 49.9 Å². The quantitative estimate of drug-likeness (QED) is 0.525. The fourth-order valence-corrected chi connectivity index (χ4v) is 1.97. The number of nitrogens with zero attached hydrogens (tertiary/aromatic N) is 2. The summed E-state index contributed by atoms with van der Waals surface area (Å²) in [7, 11) is 5.58. The molecule has 5 nitrogen and oxygen atoms in total. The van der Waals surface area contributed by atoms with Crippen LogP contribution in [0.1, 0.15) is 20.8 Å². The number of rotatable bonds is 5. The molecule has 0 bridgehead atoms. The Morgan fingerprint density at radius 2 is 1.65 bits per heavy atom. The molecule has 0 spiro atoms. The van der Waals surface area contributed by atoms with Gasteiger partial charge in [0.05, 0.1) is 6.61 Å². The number of amides is 1. The minimum absolute atomic E-state index is 0.0690. The molecule has 17 heavy (non-hydrogen) atoms. The molecule has 0 atom stereocenters. The number of hydrogen-bond acceptors (Lipinski definition) is 4. The molecule has 0 saturated heterocycles. The third kappa shape index (κ3) is 6.26. The van der Waals surface area contributed by atoms with Crippen molar-refractivity contribution in [2.45, 2.75) is 20.8 Å². The minimum Gasteiger partial charge on any atom is -0.459 e. The largest absolute Gasteiger partial charge is 0.459 e. The van der Waals surface area contributed by atoms with Crippen molar-refractivity contribution < 1.29 is 14.3 Å². The van der Waals surface area contributed by atoms with Crippen molar-refractivity contribution in [2.75, 3.05) is 40.8 Å². The van der Waals surface area contributed by atoms with E-state index < -0.39 is 11.9 Å². The molecule has 0 aromatic rings. The van der Waals surface area contributed by atoms with Gasteiger partial charge in [-0.25, -0.2) is 4.79 Å². The molecule has 0 aromatic heterocycles. The SMILES string of the molecule is CCOC(=O)C(=O)N(C)CC(C)(C)CN(C)C. The van der Waals surface area contributed by atoms with Gasteiger partial charge in [0, 0.05) is 20.1 Å². The van der Waals surface area contributed by atoms with Gasteiger partial charge in [0.15, 0.2) is 0 Å². The van der Waals surface area contributed by atoms with Gasteiger partial charge in [-0.1, -0.05) is 13.8 Å². The Morgan fingerprint density at radius 1 is 1.12 bits per heavy atom. The van der Waals surface area contributed by atoms with Crippen molar-refractivity contribution >= 4 is 11.9 Å². The highest BCUT2D eigenvalue weighted by molar-refractivity contribution is 6.32. The summed E-state index contributed by atoms with van der Waals surface area (Å²) in [6, 6.07) is 0. The van der Waals surface area contributed by atoms with Crippen LogP contribution in [0.15, 0.2) is 0 Å². The molecule has 0 fully saturated rings. The predicted octanol–water partition coefficient (Wildman–Crippen LogP) is 0.596. The summed E-state index contributed by atoms with van der Waals surface area (Å²) in [6.07, 6.45) is 0. The Morgan fingerprint density at radius 3 is 2.06 bits per heavy atom. The second-order valence-corrected chi connectivity index (χ2v) is 5.28. The molecule has 0 heterocycles. The van der Waals surface area contributed by atoms with Crippen LogP contribution in [0.3, 0.4) is 0 Å². The van der Waals surface area contributed by atoms with Crippen molar-refractivity contribution in [3.63, 3.8) is 0 Å². The zero-order valence-corrected chi connectivity index (χ0v) is 11.7. The first-order valence-electron chi connectivity index (χ1n) is 5.76. The molecule has 100 valence electrons. The van der Waals surface area contributed by atoms with E-state index in [1.165, 1.54) is 4.90 Å². The van der Waals surface area contributed by atoms with Gasteiger partial charge in [0.2, 0.25) is 0 Å². The van der Waals surface area contributed by atoms with Crippen LogP contribution in [0.25, 0.3) is 0 Å². The summed E-state index contributed by atoms with van der Waals surface area (Å²) < 4.78 is 4.68. The third-order valence-electron chi connectivity index (χ3n) is 2.21. The summed E-state index contributed by atoms with van der Waals surface area (Å²) in [5.74, 6) is -1.37. The first-order valence-corrected chi connectivity index (χ1v) is 5.76. The lowest BCUT2D eigenvalue weighted by Gasteiger charge is -2.32. The molecule has 0 N–H and O–H groups in total. The standard InChI is InChI=1S/C12H24N2O3/c1-7-17-11(16)10(15)14(6)9-12(2,3)8-13(4)5/h7-9H2,1-6H3. The van der Waals surface area contributed by atoms with Gasteiger partial charge in [-0.2, -0.15) is 0 Å². The van der Waals surface area contributed by atoms with Crippen LogP contribution in [0.2, 0.25) is 0 Å². The molecular weight excluding hydrogens is 220 g/mol. The summed E-state index contributed by atoms with van der Waals surface area (Å²) in [5.41, 5.74) is -0.0690. The fourth-order valence-electron chi connectivity index (χ4n) is 1.97. The maximum absolute atomic E-state index is 11.6. The minimum atomic E-state index is -0.782. The summed E-state index contributed by atoms with van der Waals surface area (Å²) in [4.78, 5) is 26.4. The fraction of sp³-hybridized carbons (Fsp3) is 0.833. The Kier molecular flexibility index (Phi) is 6.16. The Bertz CT molecular complexity index is 275. The maximum Gasteiger partial charge on any atom is 0.396 e. The number of hydrogen-bond donors (Lipinski definition) is 0. The highest BCUT2D eigenvalue weighted by Gasteiger charge is 2.27. The van der Waals surface area contributed by atoms with Crippen LogP contribution in [-0.4, -0.2) is 62.5 Å². The van der Waals surface area contributed by atoms with Gasteiger partial charge in [0.1, 0.15) is 0 Å². The first-order chi connectivity index (χ1) is 7.69. The average molecular weight is 244 g/mol. The highest BCUT2D eigenvalue weighted by atomic mass is 16.5.